The number of benzene rings is 2. The number of hydrogen-bond acceptors (Lipinski definition) is 3. The molecule has 1 amide bonds. The number of carboxylic acids is 1. The van der Waals surface area contributed by atoms with E-state index < -0.39 is 5.97 Å². The van der Waals surface area contributed by atoms with Crippen molar-refractivity contribution in [3.8, 4) is 0 Å². The number of para-hydroxylation sites is 1. The predicted octanol–water partition coefficient (Wildman–Crippen LogP) is 2.05. The molecule has 0 saturated heterocycles. The fourth-order valence-electron chi connectivity index (χ4n) is 2.36. The van der Waals surface area contributed by atoms with Gasteiger partial charge in [0.2, 0.25) is 5.91 Å². The van der Waals surface area contributed by atoms with Gasteiger partial charge in [-0.3, -0.25) is 9.48 Å². The van der Waals surface area contributed by atoms with Crippen molar-refractivity contribution in [2.75, 3.05) is 0 Å². The maximum atomic E-state index is 12.1. The Hall–Kier alpha value is -3.15. The number of aromatic carboxylic acids is 1. The molecule has 0 fully saturated rings. The molecule has 0 spiro atoms. The molecule has 0 bridgehead atoms. The largest absolute Gasteiger partial charge is 0.478 e. The Labute approximate surface area is 132 Å². The fraction of sp³-hybridized carbons (Fsp3) is 0.118. The lowest BCUT2D eigenvalue weighted by Gasteiger charge is -2.07. The topological polar surface area (TPSA) is 84.2 Å². The fourth-order valence-corrected chi connectivity index (χ4v) is 2.36. The Balaban J connectivity index is 1.64. The molecule has 116 valence electrons. The maximum absolute atomic E-state index is 12.1. The van der Waals surface area contributed by atoms with Gasteiger partial charge in [0.05, 0.1) is 17.3 Å². The average Bonchev–Trinajstić information content (AvgIpc) is 2.96. The van der Waals surface area contributed by atoms with Gasteiger partial charge in [-0.1, -0.05) is 30.3 Å². The zero-order valence-electron chi connectivity index (χ0n) is 12.3. The number of nitrogens with one attached hydrogen (secondary N) is 1. The molecule has 2 N–H and O–H groups in total. The van der Waals surface area contributed by atoms with Crippen LogP contribution in [0.4, 0.5) is 0 Å². The van der Waals surface area contributed by atoms with Crippen LogP contribution in [0, 0.1) is 0 Å². The van der Waals surface area contributed by atoms with E-state index in [1.807, 2.05) is 24.3 Å². The van der Waals surface area contributed by atoms with E-state index in [1.165, 1.54) is 6.07 Å². The Morgan fingerprint density at radius 3 is 2.78 bits per heavy atom. The smallest absolute Gasteiger partial charge is 0.335 e. The van der Waals surface area contributed by atoms with Crippen molar-refractivity contribution < 1.29 is 14.7 Å². The van der Waals surface area contributed by atoms with Crippen LogP contribution in [-0.4, -0.2) is 26.8 Å². The number of carboxylic acid groups (broad SMARTS) is 1. The van der Waals surface area contributed by atoms with Crippen molar-refractivity contribution in [2.24, 2.45) is 0 Å². The minimum Gasteiger partial charge on any atom is -0.478 e. The molecule has 0 radical (unpaired) electrons. The van der Waals surface area contributed by atoms with E-state index in [4.69, 9.17) is 5.11 Å². The lowest BCUT2D eigenvalue weighted by atomic mass is 10.1. The van der Waals surface area contributed by atoms with Crippen LogP contribution < -0.4 is 5.32 Å². The third kappa shape index (κ3) is 3.37. The first kappa shape index (κ1) is 14.8. The van der Waals surface area contributed by atoms with Crippen molar-refractivity contribution in [3.63, 3.8) is 0 Å². The summed E-state index contributed by atoms with van der Waals surface area (Å²) in [5, 5.41) is 16.9. The van der Waals surface area contributed by atoms with Crippen LogP contribution in [0.1, 0.15) is 15.9 Å². The number of aromatic nitrogens is 2. The molecular weight excluding hydrogens is 294 g/mol. The van der Waals surface area contributed by atoms with Gasteiger partial charge in [0.1, 0.15) is 6.54 Å². The van der Waals surface area contributed by atoms with Crippen LogP contribution in [0.5, 0.6) is 0 Å². The number of rotatable bonds is 5. The van der Waals surface area contributed by atoms with Crippen molar-refractivity contribution in [2.45, 2.75) is 13.1 Å². The van der Waals surface area contributed by atoms with Gasteiger partial charge < -0.3 is 10.4 Å². The summed E-state index contributed by atoms with van der Waals surface area (Å²) in [5.74, 6) is -1.17. The van der Waals surface area contributed by atoms with Gasteiger partial charge in [-0.15, -0.1) is 0 Å². The molecule has 2 aromatic carbocycles. The summed E-state index contributed by atoms with van der Waals surface area (Å²) >= 11 is 0. The average molecular weight is 309 g/mol. The number of carbonyl (C=O) groups is 2. The molecule has 1 aromatic heterocycles. The Kier molecular flexibility index (Phi) is 4.05. The zero-order chi connectivity index (χ0) is 16.2. The first-order chi connectivity index (χ1) is 11.1. The quantitative estimate of drug-likeness (QED) is 0.755. The SMILES string of the molecule is O=C(Cn1ncc2ccccc21)NCc1cccc(C(=O)O)c1. The molecule has 0 unspecified atom stereocenters. The van der Waals surface area contributed by atoms with Gasteiger partial charge in [-0.05, 0) is 23.8 Å². The molecular formula is C17H15N3O3. The van der Waals surface area contributed by atoms with E-state index in [0.717, 1.165) is 16.5 Å². The molecule has 3 rings (SSSR count). The minimum atomic E-state index is -0.985. The molecule has 0 aliphatic heterocycles. The minimum absolute atomic E-state index is 0.117. The van der Waals surface area contributed by atoms with Gasteiger partial charge >= 0.3 is 5.97 Å². The Morgan fingerprint density at radius 2 is 1.96 bits per heavy atom. The summed E-state index contributed by atoms with van der Waals surface area (Å²) in [6.07, 6.45) is 1.72. The highest BCUT2D eigenvalue weighted by molar-refractivity contribution is 5.87. The van der Waals surface area contributed by atoms with E-state index in [1.54, 1.807) is 29.1 Å². The number of hydrogen-bond donors (Lipinski definition) is 2. The molecule has 23 heavy (non-hydrogen) atoms. The first-order valence-corrected chi connectivity index (χ1v) is 7.13. The number of fused-ring (bicyclic) bond motifs is 1. The van der Waals surface area contributed by atoms with Gasteiger partial charge in [0.15, 0.2) is 0 Å². The molecule has 1 heterocycles. The lowest BCUT2D eigenvalue weighted by Crippen LogP contribution is -2.27. The van der Waals surface area contributed by atoms with Crippen LogP contribution in [-0.2, 0) is 17.9 Å². The third-order valence-corrected chi connectivity index (χ3v) is 3.51. The van der Waals surface area contributed by atoms with Gasteiger partial charge in [-0.25, -0.2) is 4.79 Å². The summed E-state index contributed by atoms with van der Waals surface area (Å²) in [4.78, 5) is 23.0. The second kappa shape index (κ2) is 6.31. The van der Waals surface area contributed by atoms with Crippen LogP contribution in [0.3, 0.4) is 0 Å². The zero-order valence-corrected chi connectivity index (χ0v) is 12.3. The number of nitrogens with zero attached hydrogens (tertiary/aromatic N) is 2. The highest BCUT2D eigenvalue weighted by Gasteiger charge is 2.08. The van der Waals surface area contributed by atoms with E-state index in [0.29, 0.717) is 0 Å². The van der Waals surface area contributed by atoms with Gasteiger partial charge in [-0.2, -0.15) is 5.10 Å². The second-order valence-electron chi connectivity index (χ2n) is 5.14. The molecule has 3 aromatic rings. The van der Waals surface area contributed by atoms with Crippen LogP contribution in [0.15, 0.2) is 54.7 Å². The van der Waals surface area contributed by atoms with Crippen LogP contribution in [0.25, 0.3) is 10.9 Å². The van der Waals surface area contributed by atoms with Crippen LogP contribution in [0.2, 0.25) is 0 Å². The van der Waals surface area contributed by atoms with Crippen molar-refractivity contribution in [3.05, 3.63) is 65.9 Å². The summed E-state index contributed by atoms with van der Waals surface area (Å²) in [6, 6.07) is 14.2. The van der Waals surface area contributed by atoms with E-state index in [-0.39, 0.29) is 24.6 Å². The van der Waals surface area contributed by atoms with E-state index in [9.17, 15) is 9.59 Å². The third-order valence-electron chi connectivity index (χ3n) is 3.51. The Bertz CT molecular complexity index is 870. The lowest BCUT2D eigenvalue weighted by molar-refractivity contribution is -0.121. The maximum Gasteiger partial charge on any atom is 0.335 e. The van der Waals surface area contributed by atoms with Gasteiger partial charge in [0, 0.05) is 11.9 Å². The molecule has 0 aliphatic rings. The number of amides is 1. The summed E-state index contributed by atoms with van der Waals surface area (Å²) < 4.78 is 1.64. The van der Waals surface area contributed by atoms with E-state index >= 15 is 0 Å². The predicted molar refractivity (Wildman–Crippen MR) is 85.0 cm³/mol. The second-order valence-corrected chi connectivity index (χ2v) is 5.14. The molecule has 0 atom stereocenters. The first-order valence-electron chi connectivity index (χ1n) is 7.13. The van der Waals surface area contributed by atoms with Crippen LogP contribution >= 0.6 is 0 Å². The highest BCUT2D eigenvalue weighted by atomic mass is 16.4. The molecule has 0 saturated carbocycles. The van der Waals surface area contributed by atoms with E-state index in [2.05, 4.69) is 10.4 Å². The monoisotopic (exact) mass is 309 g/mol. The summed E-state index contributed by atoms with van der Waals surface area (Å²) in [5.41, 5.74) is 1.84. The van der Waals surface area contributed by atoms with Crippen molar-refractivity contribution in [1.29, 1.82) is 0 Å². The highest BCUT2D eigenvalue weighted by Crippen LogP contribution is 2.12. The normalized spacial score (nSPS) is 10.6. The van der Waals surface area contributed by atoms with Gasteiger partial charge in [0.25, 0.3) is 0 Å². The van der Waals surface area contributed by atoms with Crippen molar-refractivity contribution >= 4 is 22.8 Å². The molecule has 0 aliphatic carbocycles. The summed E-state index contributed by atoms with van der Waals surface area (Å²) in [6.45, 7) is 0.394. The van der Waals surface area contributed by atoms with Crippen molar-refractivity contribution in [1.82, 2.24) is 15.1 Å². The Morgan fingerprint density at radius 1 is 1.13 bits per heavy atom. The standard InChI is InChI=1S/C17H15N3O3/c21-16(11-20-15-7-2-1-5-14(15)10-19-20)18-9-12-4-3-6-13(8-12)17(22)23/h1-8,10H,9,11H2,(H,18,21)(H,22,23). The molecule has 6 heteroatoms. The molecule has 6 nitrogen and oxygen atoms in total. The summed E-state index contributed by atoms with van der Waals surface area (Å²) in [7, 11) is 0. The number of carbonyl (C=O) groups excluding carboxylic acids is 1.